The van der Waals surface area contributed by atoms with Gasteiger partial charge in [0.1, 0.15) is 5.65 Å². The van der Waals surface area contributed by atoms with Gasteiger partial charge in [0.25, 0.3) is 0 Å². The van der Waals surface area contributed by atoms with Gasteiger partial charge in [-0.3, -0.25) is 0 Å². The summed E-state index contributed by atoms with van der Waals surface area (Å²) in [5.41, 5.74) is 7.80. The maximum absolute atomic E-state index is 5.55. The summed E-state index contributed by atoms with van der Waals surface area (Å²) in [5.74, 6) is 0.470. The van der Waals surface area contributed by atoms with Crippen molar-refractivity contribution in [1.82, 2.24) is 9.38 Å². The van der Waals surface area contributed by atoms with Crippen molar-refractivity contribution in [3.8, 4) is 0 Å². The van der Waals surface area contributed by atoms with Crippen LogP contribution >= 0.6 is 0 Å². The highest BCUT2D eigenvalue weighted by molar-refractivity contribution is 5.40. The lowest BCUT2D eigenvalue weighted by molar-refractivity contribution is 0.665. The summed E-state index contributed by atoms with van der Waals surface area (Å²) in [7, 11) is 0. The van der Waals surface area contributed by atoms with Gasteiger partial charge in [0.2, 0.25) is 0 Å². The number of pyridine rings is 1. The lowest BCUT2D eigenvalue weighted by atomic mass is 10.1. The summed E-state index contributed by atoms with van der Waals surface area (Å²) in [6, 6.07) is 6.03. The Morgan fingerprint density at radius 3 is 3.14 bits per heavy atom. The van der Waals surface area contributed by atoms with E-state index in [1.54, 1.807) is 0 Å². The molecule has 74 valence electrons. The average Bonchev–Trinajstić information content (AvgIpc) is 2.61. The van der Waals surface area contributed by atoms with Crippen LogP contribution in [0.2, 0.25) is 0 Å². The molecule has 0 aliphatic heterocycles. The van der Waals surface area contributed by atoms with Crippen molar-refractivity contribution in [3.63, 3.8) is 0 Å². The maximum atomic E-state index is 5.55. The monoisotopic (exact) mass is 189 g/mol. The Bertz CT molecular complexity index is 419. The van der Waals surface area contributed by atoms with Gasteiger partial charge in [-0.05, 0) is 31.0 Å². The van der Waals surface area contributed by atoms with Crippen LogP contribution in [0.1, 0.15) is 25.0 Å². The molecular weight excluding hydrogens is 174 g/mol. The average molecular weight is 189 g/mol. The Morgan fingerprint density at radius 2 is 2.36 bits per heavy atom. The van der Waals surface area contributed by atoms with Crippen molar-refractivity contribution >= 4 is 5.65 Å². The lowest BCUT2D eigenvalue weighted by Gasteiger charge is -2.08. The van der Waals surface area contributed by atoms with E-state index in [-0.39, 0.29) is 0 Å². The maximum Gasteiger partial charge on any atom is 0.136 e. The topological polar surface area (TPSA) is 43.3 Å². The molecule has 0 aliphatic rings. The highest BCUT2D eigenvalue weighted by Gasteiger charge is 2.09. The number of nitrogens with two attached hydrogens (primary N) is 1. The van der Waals surface area contributed by atoms with Crippen LogP contribution in [0.25, 0.3) is 5.65 Å². The van der Waals surface area contributed by atoms with Crippen LogP contribution in [-0.2, 0) is 0 Å². The summed E-state index contributed by atoms with van der Waals surface area (Å²) in [4.78, 5) is 4.34. The number of aromatic nitrogens is 2. The minimum atomic E-state index is 0.470. The van der Waals surface area contributed by atoms with E-state index in [2.05, 4.69) is 16.3 Å². The van der Waals surface area contributed by atoms with E-state index < -0.39 is 0 Å². The zero-order valence-electron chi connectivity index (χ0n) is 8.35. The molecule has 2 rings (SSSR count). The Hall–Kier alpha value is -1.35. The molecule has 2 aromatic rings. The predicted octanol–water partition coefficient (Wildman–Crippen LogP) is 1.79. The molecular formula is C11H15N3. The van der Waals surface area contributed by atoms with Gasteiger partial charge in [-0.1, -0.05) is 13.0 Å². The molecule has 3 heteroatoms. The molecule has 1 atom stereocenters. The molecule has 0 spiro atoms. The van der Waals surface area contributed by atoms with Crippen LogP contribution < -0.4 is 5.73 Å². The van der Waals surface area contributed by atoms with Crippen LogP contribution in [-0.4, -0.2) is 15.9 Å². The summed E-state index contributed by atoms with van der Waals surface area (Å²) >= 11 is 0. The van der Waals surface area contributed by atoms with Crippen LogP contribution in [0.3, 0.4) is 0 Å². The van der Waals surface area contributed by atoms with Crippen LogP contribution in [0, 0.1) is 0 Å². The minimum Gasteiger partial charge on any atom is -0.330 e. The fraction of sp³-hybridized carbons (Fsp3) is 0.364. The molecule has 0 aliphatic carbocycles. The summed E-state index contributed by atoms with van der Waals surface area (Å²) in [6.07, 6.45) is 4.99. The van der Waals surface area contributed by atoms with Crippen molar-refractivity contribution in [2.45, 2.75) is 19.3 Å². The van der Waals surface area contributed by atoms with Crippen LogP contribution in [0.5, 0.6) is 0 Å². The number of fused-ring (bicyclic) bond motifs is 1. The van der Waals surface area contributed by atoms with Gasteiger partial charge in [0.15, 0.2) is 0 Å². The third kappa shape index (κ3) is 1.51. The Labute approximate surface area is 83.6 Å². The smallest absolute Gasteiger partial charge is 0.136 e. The van der Waals surface area contributed by atoms with Gasteiger partial charge in [-0.2, -0.15) is 0 Å². The van der Waals surface area contributed by atoms with E-state index in [0.29, 0.717) is 5.92 Å². The minimum absolute atomic E-state index is 0.470. The number of rotatable bonds is 3. The largest absolute Gasteiger partial charge is 0.330 e. The Kier molecular flexibility index (Phi) is 2.50. The van der Waals surface area contributed by atoms with Gasteiger partial charge in [0, 0.05) is 18.1 Å². The van der Waals surface area contributed by atoms with Crippen LogP contribution in [0.4, 0.5) is 0 Å². The number of hydrogen-bond acceptors (Lipinski definition) is 2. The third-order valence-electron chi connectivity index (χ3n) is 2.55. The van der Waals surface area contributed by atoms with E-state index >= 15 is 0 Å². The van der Waals surface area contributed by atoms with E-state index in [1.165, 1.54) is 5.69 Å². The summed E-state index contributed by atoms with van der Waals surface area (Å²) < 4.78 is 2.13. The normalized spacial score (nSPS) is 13.3. The van der Waals surface area contributed by atoms with E-state index in [1.807, 2.05) is 30.6 Å². The van der Waals surface area contributed by atoms with Gasteiger partial charge < -0.3 is 10.1 Å². The van der Waals surface area contributed by atoms with Crippen molar-refractivity contribution in [3.05, 3.63) is 36.3 Å². The van der Waals surface area contributed by atoms with Crippen molar-refractivity contribution < 1.29 is 0 Å². The first kappa shape index (κ1) is 9.21. The second kappa shape index (κ2) is 3.80. The second-order valence-corrected chi connectivity index (χ2v) is 3.59. The summed E-state index contributed by atoms with van der Waals surface area (Å²) in [5, 5.41) is 0. The number of nitrogens with zero attached hydrogens (tertiary/aromatic N) is 2. The molecule has 0 fully saturated rings. The fourth-order valence-electron chi connectivity index (χ4n) is 1.71. The first-order chi connectivity index (χ1) is 6.83. The van der Waals surface area contributed by atoms with E-state index in [4.69, 9.17) is 5.73 Å². The molecule has 3 nitrogen and oxygen atoms in total. The van der Waals surface area contributed by atoms with E-state index in [9.17, 15) is 0 Å². The first-order valence-corrected chi connectivity index (χ1v) is 4.95. The van der Waals surface area contributed by atoms with Crippen molar-refractivity contribution in [1.29, 1.82) is 0 Å². The lowest BCUT2D eigenvalue weighted by Crippen LogP contribution is -2.06. The zero-order chi connectivity index (χ0) is 9.97. The number of hydrogen-bond donors (Lipinski definition) is 1. The predicted molar refractivity (Wildman–Crippen MR) is 57.3 cm³/mol. The molecule has 0 saturated carbocycles. The zero-order valence-corrected chi connectivity index (χ0v) is 8.35. The molecule has 2 N–H and O–H groups in total. The van der Waals surface area contributed by atoms with E-state index in [0.717, 1.165) is 18.6 Å². The van der Waals surface area contributed by atoms with Crippen LogP contribution in [0.15, 0.2) is 30.6 Å². The molecule has 2 heterocycles. The quantitative estimate of drug-likeness (QED) is 0.799. The first-order valence-electron chi connectivity index (χ1n) is 4.95. The molecule has 0 aromatic carbocycles. The Morgan fingerprint density at radius 1 is 1.50 bits per heavy atom. The van der Waals surface area contributed by atoms with Gasteiger partial charge in [-0.25, -0.2) is 4.98 Å². The molecule has 0 saturated heterocycles. The molecule has 0 amide bonds. The highest BCUT2D eigenvalue weighted by Crippen LogP contribution is 2.19. The van der Waals surface area contributed by atoms with Gasteiger partial charge >= 0.3 is 0 Å². The van der Waals surface area contributed by atoms with Crippen molar-refractivity contribution in [2.75, 3.05) is 6.54 Å². The Balaban J connectivity index is 2.42. The molecule has 2 aromatic heterocycles. The van der Waals surface area contributed by atoms with Crippen molar-refractivity contribution in [2.24, 2.45) is 5.73 Å². The molecule has 1 unspecified atom stereocenters. The molecule has 0 bridgehead atoms. The molecule has 14 heavy (non-hydrogen) atoms. The summed E-state index contributed by atoms with van der Waals surface area (Å²) in [6.45, 7) is 2.91. The standard InChI is InChI=1S/C11H15N3/c1-9(5-6-12)10-8-13-11-4-2-3-7-14(10)11/h2-4,7-9H,5-6,12H2,1H3. The molecule has 0 radical (unpaired) electrons. The third-order valence-corrected chi connectivity index (χ3v) is 2.55. The fourth-order valence-corrected chi connectivity index (χ4v) is 1.71. The van der Waals surface area contributed by atoms with Gasteiger partial charge in [-0.15, -0.1) is 0 Å². The SMILES string of the molecule is CC(CCN)c1cnc2ccccn12. The van der Waals surface area contributed by atoms with Gasteiger partial charge in [0.05, 0.1) is 0 Å². The number of imidazole rings is 1. The highest BCUT2D eigenvalue weighted by atomic mass is 15.0. The second-order valence-electron chi connectivity index (χ2n) is 3.59.